The normalized spacial score (nSPS) is 15.9. The minimum atomic E-state index is -0.473. The fourth-order valence-electron chi connectivity index (χ4n) is 3.21. The van der Waals surface area contributed by atoms with E-state index in [2.05, 4.69) is 5.32 Å². The Bertz CT molecular complexity index is 665. The number of ether oxygens (including phenoxy) is 1. The van der Waals surface area contributed by atoms with E-state index < -0.39 is 12.0 Å². The van der Waals surface area contributed by atoms with E-state index >= 15 is 0 Å². The molecule has 7 nitrogen and oxygen atoms in total. The number of nitrogens with one attached hydrogen (secondary N) is 1. The highest BCUT2D eigenvalue weighted by Gasteiger charge is 2.31. The van der Waals surface area contributed by atoms with Crippen molar-refractivity contribution in [3.8, 4) is 0 Å². The number of amides is 2. The molecule has 0 saturated carbocycles. The molecular formula is C19H28N2O5. The second-order valence-corrected chi connectivity index (χ2v) is 7.08. The zero-order valence-electron chi connectivity index (χ0n) is 16.0. The Morgan fingerprint density at radius 1 is 1.35 bits per heavy atom. The lowest BCUT2D eigenvalue weighted by Gasteiger charge is -2.34. The lowest BCUT2D eigenvalue weighted by molar-refractivity contribution is -0.143. The molecule has 1 aliphatic heterocycles. The molecule has 0 bridgehead atoms. The molecule has 0 radical (unpaired) electrons. The average Bonchev–Trinajstić information content (AvgIpc) is 2.98. The lowest BCUT2D eigenvalue weighted by atomic mass is 9.98. The molecule has 26 heavy (non-hydrogen) atoms. The maximum Gasteiger partial charge on any atom is 0.341 e. The number of methoxy groups -OCH3 is 1. The van der Waals surface area contributed by atoms with E-state index in [1.165, 1.54) is 7.11 Å². The SMILES string of the molecule is COC(=O)c1cc(CNC(=O)[C@H](CC(C)C)N2CCCCC2=O)oc1C. The number of rotatable bonds is 7. The number of aryl methyl sites for hydroxylation is 1. The van der Waals surface area contributed by atoms with Gasteiger partial charge in [0.2, 0.25) is 11.8 Å². The Morgan fingerprint density at radius 3 is 2.69 bits per heavy atom. The molecule has 2 heterocycles. The number of hydrogen-bond acceptors (Lipinski definition) is 5. The van der Waals surface area contributed by atoms with Gasteiger partial charge in [-0.2, -0.15) is 0 Å². The van der Waals surface area contributed by atoms with Gasteiger partial charge in [0.1, 0.15) is 23.1 Å². The van der Waals surface area contributed by atoms with Gasteiger partial charge in [-0.1, -0.05) is 13.8 Å². The summed E-state index contributed by atoms with van der Waals surface area (Å²) in [7, 11) is 1.31. The molecule has 2 amide bonds. The van der Waals surface area contributed by atoms with Crippen LogP contribution in [-0.2, 0) is 20.9 Å². The molecule has 1 fully saturated rings. The third-order valence-corrected chi connectivity index (χ3v) is 4.54. The van der Waals surface area contributed by atoms with E-state index in [4.69, 9.17) is 9.15 Å². The van der Waals surface area contributed by atoms with Crippen molar-refractivity contribution >= 4 is 17.8 Å². The molecule has 0 unspecified atom stereocenters. The van der Waals surface area contributed by atoms with Crippen molar-refractivity contribution in [3.63, 3.8) is 0 Å². The summed E-state index contributed by atoms with van der Waals surface area (Å²) in [4.78, 5) is 38.3. The molecule has 1 N–H and O–H groups in total. The van der Waals surface area contributed by atoms with Gasteiger partial charge < -0.3 is 19.4 Å². The number of likely N-dealkylation sites (tertiary alicyclic amines) is 1. The summed E-state index contributed by atoms with van der Waals surface area (Å²) in [6.07, 6.45) is 2.92. The van der Waals surface area contributed by atoms with Crippen LogP contribution in [0.4, 0.5) is 0 Å². The molecule has 7 heteroatoms. The van der Waals surface area contributed by atoms with E-state index in [1.807, 2.05) is 13.8 Å². The molecule has 0 aromatic carbocycles. The van der Waals surface area contributed by atoms with Crippen LogP contribution in [0.3, 0.4) is 0 Å². The predicted octanol–water partition coefficient (Wildman–Crippen LogP) is 2.42. The monoisotopic (exact) mass is 364 g/mol. The number of hydrogen-bond donors (Lipinski definition) is 1. The third-order valence-electron chi connectivity index (χ3n) is 4.54. The first kappa shape index (κ1) is 20.0. The number of carbonyl (C=O) groups is 3. The van der Waals surface area contributed by atoms with Crippen molar-refractivity contribution in [3.05, 3.63) is 23.2 Å². The van der Waals surface area contributed by atoms with E-state index in [0.29, 0.717) is 36.5 Å². The smallest absolute Gasteiger partial charge is 0.341 e. The second kappa shape index (κ2) is 8.87. The van der Waals surface area contributed by atoms with Crippen LogP contribution in [0.5, 0.6) is 0 Å². The van der Waals surface area contributed by atoms with Gasteiger partial charge in [-0.15, -0.1) is 0 Å². The first-order valence-corrected chi connectivity index (χ1v) is 9.08. The Morgan fingerprint density at radius 2 is 2.08 bits per heavy atom. The van der Waals surface area contributed by atoms with Crippen LogP contribution in [0, 0.1) is 12.8 Å². The molecular weight excluding hydrogens is 336 g/mol. The average molecular weight is 364 g/mol. The van der Waals surface area contributed by atoms with Gasteiger partial charge in [0.25, 0.3) is 0 Å². The second-order valence-electron chi connectivity index (χ2n) is 7.08. The van der Waals surface area contributed by atoms with Crippen LogP contribution in [0.25, 0.3) is 0 Å². The van der Waals surface area contributed by atoms with Crippen LogP contribution < -0.4 is 5.32 Å². The van der Waals surface area contributed by atoms with Crippen LogP contribution in [-0.4, -0.2) is 42.4 Å². The molecule has 1 aromatic heterocycles. The van der Waals surface area contributed by atoms with Gasteiger partial charge in [0, 0.05) is 13.0 Å². The van der Waals surface area contributed by atoms with Gasteiger partial charge in [-0.25, -0.2) is 4.79 Å². The van der Waals surface area contributed by atoms with Gasteiger partial charge in [0.05, 0.1) is 13.7 Å². The highest BCUT2D eigenvalue weighted by molar-refractivity contribution is 5.90. The fraction of sp³-hybridized carbons (Fsp3) is 0.632. The van der Waals surface area contributed by atoms with Gasteiger partial charge in [0.15, 0.2) is 0 Å². The summed E-state index contributed by atoms with van der Waals surface area (Å²) in [6.45, 7) is 6.52. The van der Waals surface area contributed by atoms with Crippen molar-refractivity contribution in [1.82, 2.24) is 10.2 Å². The van der Waals surface area contributed by atoms with Crippen LogP contribution in [0.15, 0.2) is 10.5 Å². The summed E-state index contributed by atoms with van der Waals surface area (Å²) in [6, 6.07) is 1.10. The molecule has 2 rings (SSSR count). The molecule has 0 aliphatic carbocycles. The van der Waals surface area contributed by atoms with E-state index in [-0.39, 0.29) is 24.3 Å². The van der Waals surface area contributed by atoms with Crippen LogP contribution >= 0.6 is 0 Å². The number of piperidine rings is 1. The van der Waals surface area contributed by atoms with Crippen molar-refractivity contribution < 1.29 is 23.5 Å². The standard InChI is InChI=1S/C19H28N2O5/c1-12(2)9-16(21-8-6-5-7-17(21)22)18(23)20-11-14-10-15(13(3)26-14)19(24)25-4/h10,12,16H,5-9,11H2,1-4H3,(H,20,23)/t16-/m0/s1. The van der Waals surface area contributed by atoms with E-state index in [0.717, 1.165) is 12.8 Å². The highest BCUT2D eigenvalue weighted by atomic mass is 16.5. The van der Waals surface area contributed by atoms with Crippen molar-refractivity contribution in [1.29, 1.82) is 0 Å². The van der Waals surface area contributed by atoms with E-state index in [1.54, 1.807) is 17.9 Å². The zero-order chi connectivity index (χ0) is 19.3. The van der Waals surface area contributed by atoms with Gasteiger partial charge in [-0.3, -0.25) is 9.59 Å². The molecule has 1 atom stereocenters. The van der Waals surface area contributed by atoms with Crippen molar-refractivity contribution in [2.75, 3.05) is 13.7 Å². The Kier molecular flexibility index (Phi) is 6.83. The summed E-state index contributed by atoms with van der Waals surface area (Å²) in [5, 5.41) is 2.84. The highest BCUT2D eigenvalue weighted by Crippen LogP contribution is 2.20. The fourth-order valence-corrected chi connectivity index (χ4v) is 3.21. The minimum Gasteiger partial charge on any atom is -0.465 e. The number of esters is 1. The molecule has 1 aliphatic rings. The van der Waals surface area contributed by atoms with Gasteiger partial charge in [-0.05, 0) is 38.2 Å². The summed E-state index contributed by atoms with van der Waals surface area (Å²) >= 11 is 0. The number of carbonyl (C=O) groups excluding carboxylic acids is 3. The van der Waals surface area contributed by atoms with Crippen molar-refractivity contribution in [2.24, 2.45) is 5.92 Å². The molecule has 1 aromatic rings. The lowest BCUT2D eigenvalue weighted by Crippen LogP contribution is -2.51. The summed E-state index contributed by atoms with van der Waals surface area (Å²) in [5.74, 6) is 0.592. The first-order valence-electron chi connectivity index (χ1n) is 9.08. The number of furan rings is 1. The van der Waals surface area contributed by atoms with Crippen molar-refractivity contribution in [2.45, 2.75) is 59.0 Å². The largest absolute Gasteiger partial charge is 0.465 e. The Hall–Kier alpha value is -2.31. The number of nitrogens with zero attached hydrogens (tertiary/aromatic N) is 1. The predicted molar refractivity (Wildman–Crippen MR) is 95.4 cm³/mol. The summed E-state index contributed by atoms with van der Waals surface area (Å²) in [5.41, 5.74) is 0.349. The Labute approximate surface area is 154 Å². The summed E-state index contributed by atoms with van der Waals surface area (Å²) < 4.78 is 10.2. The third kappa shape index (κ3) is 4.86. The topological polar surface area (TPSA) is 88.9 Å². The molecule has 0 spiro atoms. The maximum absolute atomic E-state index is 12.7. The first-order chi connectivity index (χ1) is 12.3. The quantitative estimate of drug-likeness (QED) is 0.751. The maximum atomic E-state index is 12.7. The minimum absolute atomic E-state index is 0.0406. The zero-order valence-corrected chi connectivity index (χ0v) is 16.0. The van der Waals surface area contributed by atoms with E-state index in [9.17, 15) is 14.4 Å². The van der Waals surface area contributed by atoms with Crippen LogP contribution in [0.2, 0.25) is 0 Å². The Balaban J connectivity index is 2.05. The molecule has 144 valence electrons. The van der Waals surface area contributed by atoms with Crippen LogP contribution in [0.1, 0.15) is 61.4 Å². The molecule has 1 saturated heterocycles. The van der Waals surface area contributed by atoms with Gasteiger partial charge >= 0.3 is 5.97 Å².